The number of Topliss-reactive ketones (excluding diaryl/α,β-unsaturated/α-hetero) is 1. The number of nitrogens with two attached hydrogens (primary N) is 1. The van der Waals surface area contributed by atoms with Gasteiger partial charge in [-0.3, -0.25) is 9.59 Å². The van der Waals surface area contributed by atoms with E-state index in [4.69, 9.17) is 15.2 Å². The summed E-state index contributed by atoms with van der Waals surface area (Å²) < 4.78 is 52.6. The van der Waals surface area contributed by atoms with Gasteiger partial charge in [-0.15, -0.1) is 0 Å². The number of aromatic nitrogens is 3. The SMILES string of the molecule is CC(=O)N1CCC(c2cc3c(cc2OC(F)F)C=C(C(=O)c2cnn(-c4cnc(Oc5ccccc5F)cc4C)c2N)C3)CC1. The molecule has 1 amide bonds. The number of likely N-dealkylation sites (tertiary alicyclic amines) is 1. The second kappa shape index (κ2) is 12.1. The lowest BCUT2D eigenvalue weighted by Crippen LogP contribution is -2.36. The summed E-state index contributed by atoms with van der Waals surface area (Å²) in [6, 6.07) is 11.0. The molecule has 6 rings (SSSR count). The molecule has 0 unspecified atom stereocenters. The van der Waals surface area contributed by atoms with Gasteiger partial charge in [0.2, 0.25) is 11.8 Å². The third-order valence-electron chi connectivity index (χ3n) is 8.26. The molecule has 1 aliphatic heterocycles. The lowest BCUT2D eigenvalue weighted by atomic mass is 9.87. The largest absolute Gasteiger partial charge is 0.436 e. The number of carbonyl (C=O) groups excluding carboxylic acids is 2. The zero-order valence-corrected chi connectivity index (χ0v) is 24.6. The van der Waals surface area contributed by atoms with Crippen molar-refractivity contribution in [3.05, 3.63) is 94.1 Å². The first-order valence-electron chi connectivity index (χ1n) is 14.4. The van der Waals surface area contributed by atoms with Crippen molar-refractivity contribution in [3.63, 3.8) is 0 Å². The average molecular weight is 618 g/mol. The third kappa shape index (κ3) is 6.00. The van der Waals surface area contributed by atoms with Crippen molar-refractivity contribution in [2.75, 3.05) is 18.8 Å². The van der Waals surface area contributed by atoms with Gasteiger partial charge in [-0.25, -0.2) is 14.1 Å². The summed E-state index contributed by atoms with van der Waals surface area (Å²) in [6.07, 6.45) is 6.05. The van der Waals surface area contributed by atoms with Crippen LogP contribution in [0.15, 0.2) is 60.4 Å². The number of amides is 1. The lowest BCUT2D eigenvalue weighted by molar-refractivity contribution is -0.129. The van der Waals surface area contributed by atoms with E-state index >= 15 is 0 Å². The Morgan fingerprint density at radius 2 is 1.82 bits per heavy atom. The minimum Gasteiger partial charge on any atom is -0.436 e. The number of anilines is 1. The van der Waals surface area contributed by atoms with Crippen molar-refractivity contribution in [2.24, 2.45) is 0 Å². The fraction of sp³-hybridized carbons (Fsp3) is 0.273. The molecule has 0 spiro atoms. The van der Waals surface area contributed by atoms with Gasteiger partial charge in [0, 0.05) is 38.1 Å². The minimum atomic E-state index is -3.01. The highest BCUT2D eigenvalue weighted by molar-refractivity contribution is 6.15. The first-order chi connectivity index (χ1) is 21.6. The Morgan fingerprint density at radius 3 is 2.51 bits per heavy atom. The number of hydrogen-bond donors (Lipinski definition) is 1. The zero-order valence-electron chi connectivity index (χ0n) is 24.6. The highest BCUT2D eigenvalue weighted by Gasteiger charge is 2.30. The van der Waals surface area contributed by atoms with E-state index in [1.165, 1.54) is 36.1 Å². The van der Waals surface area contributed by atoms with Crippen molar-refractivity contribution >= 4 is 23.6 Å². The van der Waals surface area contributed by atoms with Crippen molar-refractivity contribution < 1.29 is 32.2 Å². The van der Waals surface area contributed by atoms with Crippen molar-refractivity contribution in [2.45, 2.75) is 45.6 Å². The first-order valence-corrected chi connectivity index (χ1v) is 14.4. The van der Waals surface area contributed by atoms with E-state index in [2.05, 4.69) is 10.1 Å². The number of halogens is 3. The highest BCUT2D eigenvalue weighted by Crippen LogP contribution is 2.40. The van der Waals surface area contributed by atoms with Crippen molar-refractivity contribution in [3.8, 4) is 23.1 Å². The summed E-state index contributed by atoms with van der Waals surface area (Å²) in [5, 5.41) is 4.33. The van der Waals surface area contributed by atoms with Gasteiger partial charge in [0.05, 0.1) is 23.6 Å². The predicted molar refractivity (Wildman–Crippen MR) is 160 cm³/mol. The number of carbonyl (C=O) groups is 2. The van der Waals surface area contributed by atoms with Crippen LogP contribution in [0.3, 0.4) is 0 Å². The molecule has 0 radical (unpaired) electrons. The Hall–Kier alpha value is -5.13. The number of fused-ring (bicyclic) bond motifs is 1. The lowest BCUT2D eigenvalue weighted by Gasteiger charge is -2.32. The van der Waals surface area contributed by atoms with Crippen LogP contribution in [0.2, 0.25) is 0 Å². The monoisotopic (exact) mass is 617 g/mol. The average Bonchev–Trinajstić information content (AvgIpc) is 3.60. The maximum absolute atomic E-state index is 14.0. The maximum Gasteiger partial charge on any atom is 0.387 e. The summed E-state index contributed by atoms with van der Waals surface area (Å²) in [6.45, 7) is 1.36. The van der Waals surface area contributed by atoms with Gasteiger partial charge in [0.1, 0.15) is 11.6 Å². The molecule has 3 heterocycles. The molecule has 12 heteroatoms. The third-order valence-corrected chi connectivity index (χ3v) is 8.26. The zero-order chi connectivity index (χ0) is 31.8. The van der Waals surface area contributed by atoms with E-state index in [0.29, 0.717) is 53.9 Å². The Kier molecular flexibility index (Phi) is 8.05. The van der Waals surface area contributed by atoms with Crippen molar-refractivity contribution in [1.82, 2.24) is 19.7 Å². The van der Waals surface area contributed by atoms with Gasteiger partial charge in [-0.05, 0) is 72.2 Å². The molecule has 0 bridgehead atoms. The van der Waals surface area contributed by atoms with Gasteiger partial charge in [-0.1, -0.05) is 18.2 Å². The van der Waals surface area contributed by atoms with E-state index in [1.54, 1.807) is 42.2 Å². The standard InChI is InChI=1S/C33H30F3N5O4/c1-18-11-30(44-28-6-4-3-5-26(28)34)38-17-27(18)41-32(37)25(16-39-41)31(43)23-12-21-14-24(20-7-9-40(10-8-20)19(2)42)29(45-33(35)36)15-22(21)13-23/h3-6,11,13-17,20,33H,7-10,12,37H2,1-2H3. The fourth-order valence-electron chi connectivity index (χ4n) is 5.90. The summed E-state index contributed by atoms with van der Waals surface area (Å²) in [5.74, 6) is -0.547. The molecule has 232 valence electrons. The second-order valence-corrected chi connectivity index (χ2v) is 11.1. The smallest absolute Gasteiger partial charge is 0.387 e. The topological polar surface area (TPSA) is 113 Å². The van der Waals surface area contributed by atoms with E-state index in [0.717, 1.165) is 5.56 Å². The summed E-state index contributed by atoms with van der Waals surface area (Å²) in [4.78, 5) is 31.4. The molecule has 1 fully saturated rings. The Balaban J connectivity index is 1.22. The number of alkyl halides is 2. The second-order valence-electron chi connectivity index (χ2n) is 11.1. The number of rotatable bonds is 8. The summed E-state index contributed by atoms with van der Waals surface area (Å²) >= 11 is 0. The molecule has 2 aliphatic rings. The molecular weight excluding hydrogens is 587 g/mol. The van der Waals surface area contributed by atoms with E-state index < -0.39 is 12.4 Å². The Labute approximate surface area is 257 Å². The van der Waals surface area contributed by atoms with Gasteiger partial charge in [0.25, 0.3) is 0 Å². The van der Waals surface area contributed by atoms with Gasteiger partial charge in [-0.2, -0.15) is 13.9 Å². The van der Waals surface area contributed by atoms with Crippen LogP contribution in [0.4, 0.5) is 19.0 Å². The number of nitrogen functional groups attached to an aromatic ring is 1. The molecule has 45 heavy (non-hydrogen) atoms. The summed E-state index contributed by atoms with van der Waals surface area (Å²) in [5.41, 5.74) is 10.3. The van der Waals surface area contributed by atoms with E-state index in [1.807, 2.05) is 6.07 Å². The first kappa shape index (κ1) is 29.9. The maximum atomic E-state index is 14.0. The normalized spacial score (nSPS) is 14.8. The van der Waals surface area contributed by atoms with Crippen LogP contribution in [0, 0.1) is 12.7 Å². The number of aryl methyl sites for hydroxylation is 1. The molecule has 2 N–H and O–H groups in total. The number of para-hydroxylation sites is 1. The number of ketones is 1. The van der Waals surface area contributed by atoms with Crippen LogP contribution in [-0.2, 0) is 11.2 Å². The van der Waals surface area contributed by atoms with Crippen LogP contribution in [0.5, 0.6) is 17.4 Å². The van der Waals surface area contributed by atoms with Gasteiger partial charge < -0.3 is 20.1 Å². The molecule has 0 atom stereocenters. The Bertz CT molecular complexity index is 1830. The van der Waals surface area contributed by atoms with Crippen molar-refractivity contribution in [1.29, 1.82) is 0 Å². The number of piperidine rings is 1. The molecule has 1 aliphatic carbocycles. The van der Waals surface area contributed by atoms with Gasteiger partial charge >= 0.3 is 6.61 Å². The number of benzene rings is 2. The van der Waals surface area contributed by atoms with E-state index in [-0.39, 0.29) is 52.8 Å². The quantitative estimate of drug-likeness (QED) is 0.233. The number of allylic oxidation sites excluding steroid dienone is 1. The molecular formula is C33H30F3N5O4. The molecule has 4 aromatic rings. The fourth-order valence-corrected chi connectivity index (χ4v) is 5.90. The van der Waals surface area contributed by atoms with Crippen LogP contribution in [-0.4, -0.2) is 51.1 Å². The number of pyridine rings is 1. The van der Waals surface area contributed by atoms with Crippen LogP contribution < -0.4 is 15.2 Å². The number of ether oxygens (including phenoxy) is 2. The molecule has 2 aromatic carbocycles. The van der Waals surface area contributed by atoms with E-state index in [9.17, 15) is 22.8 Å². The van der Waals surface area contributed by atoms with Crippen LogP contribution >= 0.6 is 0 Å². The predicted octanol–water partition coefficient (Wildman–Crippen LogP) is 6.24. The highest BCUT2D eigenvalue weighted by atomic mass is 19.3. The molecule has 0 saturated carbocycles. The van der Waals surface area contributed by atoms with Crippen LogP contribution in [0.1, 0.15) is 58.3 Å². The molecule has 1 saturated heterocycles. The van der Waals surface area contributed by atoms with Crippen LogP contribution in [0.25, 0.3) is 11.8 Å². The number of hydrogen-bond acceptors (Lipinski definition) is 7. The Morgan fingerprint density at radius 1 is 1.07 bits per heavy atom. The molecule has 2 aromatic heterocycles. The van der Waals surface area contributed by atoms with Gasteiger partial charge in [0.15, 0.2) is 17.3 Å². The molecule has 9 nitrogen and oxygen atoms in total. The number of nitrogens with zero attached hydrogens (tertiary/aromatic N) is 4. The minimum absolute atomic E-state index is 0.0152. The summed E-state index contributed by atoms with van der Waals surface area (Å²) in [7, 11) is 0.